The van der Waals surface area contributed by atoms with Crippen LogP contribution >= 0.6 is 11.6 Å². The SMILES string of the molecule is O=C(N=C1C=NC(=Nc2ccc(Oc3ccon3)cc2)N(Cc2ccc(Cl)cc2)C1=O)c1ccn[nH]1. The summed E-state index contributed by atoms with van der Waals surface area (Å²) in [5.74, 6) is -0.189. The van der Waals surface area contributed by atoms with Gasteiger partial charge in [-0.2, -0.15) is 5.10 Å². The summed E-state index contributed by atoms with van der Waals surface area (Å²) in [6.45, 7) is 0.136. The molecule has 5 rings (SSSR count). The Labute approximate surface area is 208 Å². The summed E-state index contributed by atoms with van der Waals surface area (Å²) in [6, 6.07) is 16.9. The van der Waals surface area contributed by atoms with E-state index in [2.05, 4.69) is 30.3 Å². The summed E-state index contributed by atoms with van der Waals surface area (Å²) in [5, 5.41) is 10.5. The van der Waals surface area contributed by atoms with Crippen LogP contribution < -0.4 is 4.74 Å². The first-order valence-corrected chi connectivity index (χ1v) is 10.9. The molecule has 178 valence electrons. The molecule has 0 radical (unpaired) electrons. The Bertz CT molecular complexity index is 1460. The molecule has 36 heavy (non-hydrogen) atoms. The minimum Gasteiger partial charge on any atom is -0.436 e. The van der Waals surface area contributed by atoms with E-state index < -0.39 is 11.8 Å². The largest absolute Gasteiger partial charge is 0.436 e. The number of carbonyl (C=O) groups is 2. The van der Waals surface area contributed by atoms with Gasteiger partial charge < -0.3 is 9.26 Å². The van der Waals surface area contributed by atoms with E-state index in [0.717, 1.165) is 5.56 Å². The van der Waals surface area contributed by atoms with Crippen molar-refractivity contribution in [2.75, 3.05) is 0 Å². The monoisotopic (exact) mass is 501 g/mol. The third-order valence-electron chi connectivity index (χ3n) is 4.92. The highest BCUT2D eigenvalue weighted by Crippen LogP contribution is 2.24. The van der Waals surface area contributed by atoms with Crippen molar-refractivity contribution in [3.8, 4) is 11.6 Å². The van der Waals surface area contributed by atoms with Crippen LogP contribution in [0.25, 0.3) is 0 Å². The van der Waals surface area contributed by atoms with Crippen LogP contribution in [-0.4, -0.2) is 50.0 Å². The van der Waals surface area contributed by atoms with Crippen molar-refractivity contribution in [2.24, 2.45) is 15.0 Å². The molecule has 1 aliphatic rings. The van der Waals surface area contributed by atoms with E-state index in [1.807, 2.05) is 0 Å². The van der Waals surface area contributed by atoms with E-state index in [0.29, 0.717) is 22.3 Å². The van der Waals surface area contributed by atoms with Crippen molar-refractivity contribution >= 4 is 47.0 Å². The summed E-state index contributed by atoms with van der Waals surface area (Å²) in [7, 11) is 0. The highest BCUT2D eigenvalue weighted by atomic mass is 35.5. The van der Waals surface area contributed by atoms with Crippen LogP contribution in [0.4, 0.5) is 5.69 Å². The molecule has 0 saturated carbocycles. The highest BCUT2D eigenvalue weighted by molar-refractivity contribution is 6.64. The van der Waals surface area contributed by atoms with Crippen molar-refractivity contribution in [3.63, 3.8) is 0 Å². The molecule has 11 nitrogen and oxygen atoms in total. The topological polar surface area (TPSA) is 138 Å². The first kappa shape index (κ1) is 22.9. The van der Waals surface area contributed by atoms with Crippen molar-refractivity contribution < 1.29 is 18.8 Å². The third-order valence-corrected chi connectivity index (χ3v) is 5.17. The Morgan fingerprint density at radius 2 is 1.89 bits per heavy atom. The van der Waals surface area contributed by atoms with Gasteiger partial charge in [-0.3, -0.25) is 19.6 Å². The predicted octanol–water partition coefficient (Wildman–Crippen LogP) is 4.23. The molecule has 2 amide bonds. The Balaban J connectivity index is 1.44. The van der Waals surface area contributed by atoms with Crippen LogP contribution in [0, 0.1) is 0 Å². The number of ether oxygens (including phenoxy) is 1. The summed E-state index contributed by atoms with van der Waals surface area (Å²) in [4.78, 5) is 39.8. The first-order chi connectivity index (χ1) is 17.5. The van der Waals surface area contributed by atoms with Crippen LogP contribution in [-0.2, 0) is 11.3 Å². The van der Waals surface area contributed by atoms with Crippen molar-refractivity contribution in [1.29, 1.82) is 0 Å². The molecule has 0 spiro atoms. The average molecular weight is 502 g/mol. The van der Waals surface area contributed by atoms with Gasteiger partial charge in [-0.05, 0) is 53.2 Å². The van der Waals surface area contributed by atoms with Gasteiger partial charge in [0, 0.05) is 17.3 Å². The molecular weight excluding hydrogens is 486 g/mol. The van der Waals surface area contributed by atoms with Gasteiger partial charge in [-0.15, -0.1) is 0 Å². The van der Waals surface area contributed by atoms with E-state index in [4.69, 9.17) is 20.9 Å². The molecule has 0 bridgehead atoms. The lowest BCUT2D eigenvalue weighted by Gasteiger charge is -2.24. The number of guanidine groups is 1. The van der Waals surface area contributed by atoms with Crippen molar-refractivity contribution in [3.05, 3.63) is 89.4 Å². The van der Waals surface area contributed by atoms with Crippen LogP contribution in [0.1, 0.15) is 16.1 Å². The van der Waals surface area contributed by atoms with Gasteiger partial charge in [0.15, 0.2) is 5.71 Å². The number of carbonyl (C=O) groups excluding carboxylic acids is 2. The zero-order valence-corrected chi connectivity index (χ0v) is 19.2. The fourth-order valence-corrected chi connectivity index (χ4v) is 3.30. The van der Waals surface area contributed by atoms with Gasteiger partial charge in [-0.25, -0.2) is 15.0 Å². The summed E-state index contributed by atoms with van der Waals surface area (Å²) in [6.07, 6.45) is 4.04. The van der Waals surface area contributed by atoms with E-state index in [9.17, 15) is 9.59 Å². The number of hydrogen-bond acceptors (Lipinski definition) is 7. The Hall–Kier alpha value is -4.90. The van der Waals surface area contributed by atoms with E-state index in [1.165, 1.54) is 29.6 Å². The summed E-state index contributed by atoms with van der Waals surface area (Å²) >= 11 is 5.99. The molecule has 0 aliphatic carbocycles. The second-order valence-corrected chi connectivity index (χ2v) is 7.83. The zero-order valence-electron chi connectivity index (χ0n) is 18.4. The lowest BCUT2D eigenvalue weighted by molar-refractivity contribution is -0.120. The molecule has 0 atom stereocenters. The number of aliphatic imine (C=N–C) groups is 3. The molecule has 1 aliphatic heterocycles. The number of benzene rings is 2. The normalized spacial score (nSPS) is 15.6. The fourth-order valence-electron chi connectivity index (χ4n) is 3.18. The third kappa shape index (κ3) is 5.26. The van der Waals surface area contributed by atoms with Crippen molar-refractivity contribution in [2.45, 2.75) is 6.54 Å². The molecule has 4 aromatic rings. The molecule has 2 aromatic heterocycles. The number of amides is 2. The number of halogens is 1. The quantitative estimate of drug-likeness (QED) is 0.419. The van der Waals surface area contributed by atoms with Gasteiger partial charge in [0.05, 0.1) is 18.4 Å². The Morgan fingerprint density at radius 3 is 2.58 bits per heavy atom. The lowest BCUT2D eigenvalue weighted by atomic mass is 10.2. The highest BCUT2D eigenvalue weighted by Gasteiger charge is 2.29. The maximum absolute atomic E-state index is 13.3. The second kappa shape index (κ2) is 10.2. The van der Waals surface area contributed by atoms with Crippen LogP contribution in [0.15, 0.2) is 92.6 Å². The van der Waals surface area contributed by atoms with Gasteiger partial charge in [0.25, 0.3) is 17.7 Å². The van der Waals surface area contributed by atoms with Gasteiger partial charge >= 0.3 is 0 Å². The summed E-state index contributed by atoms with van der Waals surface area (Å²) < 4.78 is 10.3. The minimum absolute atomic E-state index is 0.126. The van der Waals surface area contributed by atoms with Crippen LogP contribution in [0.5, 0.6) is 11.6 Å². The maximum atomic E-state index is 13.3. The van der Waals surface area contributed by atoms with Gasteiger partial charge in [-0.1, -0.05) is 23.7 Å². The van der Waals surface area contributed by atoms with Crippen LogP contribution in [0.2, 0.25) is 5.02 Å². The molecule has 3 heterocycles. The zero-order chi connectivity index (χ0) is 24.9. The summed E-state index contributed by atoms with van der Waals surface area (Å²) in [5.41, 5.74) is 1.34. The molecule has 1 N–H and O–H groups in total. The first-order valence-electron chi connectivity index (χ1n) is 10.5. The number of nitrogens with one attached hydrogen (secondary N) is 1. The number of rotatable bonds is 6. The van der Waals surface area contributed by atoms with Crippen LogP contribution in [0.3, 0.4) is 0 Å². The number of hydrogen-bond donors (Lipinski definition) is 1. The molecular formula is C24H16ClN7O4. The Kier molecular flexibility index (Phi) is 6.45. The predicted molar refractivity (Wildman–Crippen MR) is 131 cm³/mol. The number of aromatic amines is 1. The number of aromatic nitrogens is 3. The molecule has 0 fully saturated rings. The second-order valence-electron chi connectivity index (χ2n) is 7.39. The molecule has 2 aromatic carbocycles. The van der Waals surface area contributed by atoms with E-state index in [-0.39, 0.29) is 23.9 Å². The Morgan fingerprint density at radius 1 is 1.08 bits per heavy atom. The maximum Gasteiger partial charge on any atom is 0.295 e. The van der Waals surface area contributed by atoms with Crippen molar-refractivity contribution in [1.82, 2.24) is 20.3 Å². The standard InChI is InChI=1S/C24H16ClN7O4/c25-16-3-1-15(2-4-16)14-32-23(34)20(29-22(33)19-9-11-27-30-19)13-26-24(32)28-17-5-7-18(8-6-17)36-21-10-12-35-31-21/h1-13H,14H2,(H,27,30). The lowest BCUT2D eigenvalue weighted by Crippen LogP contribution is -2.44. The average Bonchev–Trinajstić information content (AvgIpc) is 3.60. The number of H-pyrrole nitrogens is 1. The number of nitrogens with zero attached hydrogens (tertiary/aromatic N) is 6. The minimum atomic E-state index is -0.642. The fraction of sp³-hybridized carbons (Fsp3) is 0.0417. The van der Waals surface area contributed by atoms with E-state index in [1.54, 1.807) is 54.6 Å². The van der Waals surface area contributed by atoms with Gasteiger partial charge in [0.1, 0.15) is 17.7 Å². The van der Waals surface area contributed by atoms with Gasteiger partial charge in [0.2, 0.25) is 5.96 Å². The smallest absolute Gasteiger partial charge is 0.295 e. The molecule has 12 heteroatoms. The molecule has 0 unspecified atom stereocenters. The van der Waals surface area contributed by atoms with E-state index >= 15 is 0 Å². The molecule has 0 saturated heterocycles.